The first kappa shape index (κ1) is 14.3. The smallest absolute Gasteiger partial charge is 0.251 e. The topological polar surface area (TPSA) is 29.1 Å². The van der Waals surface area contributed by atoms with E-state index in [0.717, 1.165) is 17.5 Å². The quantitative estimate of drug-likeness (QED) is 0.889. The fraction of sp³-hybridized carbons (Fsp3) is 0.278. The number of benzene rings is 2. The maximum atomic E-state index is 12.2. The molecular weight excluding hydrogens is 246 g/mol. The lowest BCUT2D eigenvalue weighted by molar-refractivity contribution is 0.0940. The third kappa shape index (κ3) is 3.47. The second kappa shape index (κ2) is 6.38. The Hall–Kier alpha value is -2.09. The summed E-state index contributed by atoms with van der Waals surface area (Å²) in [6.07, 6.45) is 1.03. The molecule has 20 heavy (non-hydrogen) atoms. The molecule has 0 saturated heterocycles. The van der Waals surface area contributed by atoms with Crippen LogP contribution in [0.5, 0.6) is 0 Å². The monoisotopic (exact) mass is 267 g/mol. The number of carbonyl (C=O) groups excluding carboxylic acids is 1. The summed E-state index contributed by atoms with van der Waals surface area (Å²) in [6.45, 7) is 6.16. The third-order valence-electron chi connectivity index (χ3n) is 3.55. The van der Waals surface area contributed by atoms with Crippen molar-refractivity contribution >= 4 is 5.91 Å². The molecule has 0 aliphatic heterocycles. The first-order valence-electron chi connectivity index (χ1n) is 7.06. The number of hydrogen-bond donors (Lipinski definition) is 1. The first-order chi connectivity index (χ1) is 9.60. The van der Waals surface area contributed by atoms with Crippen molar-refractivity contribution in [2.24, 2.45) is 0 Å². The van der Waals surface area contributed by atoms with Gasteiger partial charge in [-0.15, -0.1) is 0 Å². The molecule has 0 bridgehead atoms. The van der Waals surface area contributed by atoms with E-state index in [1.165, 1.54) is 5.56 Å². The Morgan fingerprint density at radius 3 is 2.20 bits per heavy atom. The molecule has 2 aromatic rings. The molecule has 0 saturated carbocycles. The molecule has 0 aliphatic carbocycles. The van der Waals surface area contributed by atoms with E-state index in [1.54, 1.807) is 0 Å². The number of amides is 1. The second-order valence-corrected chi connectivity index (χ2v) is 5.16. The Bertz CT molecular complexity index is 569. The van der Waals surface area contributed by atoms with Gasteiger partial charge in [-0.05, 0) is 43.5 Å². The van der Waals surface area contributed by atoms with Crippen LogP contribution in [0.2, 0.25) is 0 Å². The molecule has 0 unspecified atom stereocenters. The number of carbonyl (C=O) groups is 1. The minimum atomic E-state index is -0.0305. The second-order valence-electron chi connectivity index (χ2n) is 5.16. The van der Waals surface area contributed by atoms with Crippen LogP contribution < -0.4 is 5.32 Å². The maximum absolute atomic E-state index is 12.2. The Morgan fingerprint density at radius 1 is 1.05 bits per heavy atom. The van der Waals surface area contributed by atoms with Crippen LogP contribution in [0.3, 0.4) is 0 Å². The molecule has 0 aliphatic rings. The van der Waals surface area contributed by atoms with Crippen molar-refractivity contribution in [3.05, 3.63) is 70.8 Å². The van der Waals surface area contributed by atoms with Crippen LogP contribution in [0.4, 0.5) is 0 Å². The van der Waals surface area contributed by atoms with E-state index in [-0.39, 0.29) is 11.9 Å². The number of rotatable bonds is 4. The van der Waals surface area contributed by atoms with Crippen LogP contribution in [-0.4, -0.2) is 5.91 Å². The van der Waals surface area contributed by atoms with Crippen molar-refractivity contribution in [2.75, 3.05) is 0 Å². The fourth-order valence-corrected chi connectivity index (χ4v) is 2.11. The standard InChI is InChI=1S/C18H21NO/c1-4-15-7-11-16(12-8-15)14(3)19-18(20)17-9-5-13(2)6-10-17/h5-12,14H,4H2,1-3H3,(H,19,20)/t14-/m1/s1. The van der Waals surface area contributed by atoms with Crippen LogP contribution in [-0.2, 0) is 6.42 Å². The summed E-state index contributed by atoms with van der Waals surface area (Å²) in [5.74, 6) is -0.0305. The third-order valence-corrected chi connectivity index (χ3v) is 3.55. The van der Waals surface area contributed by atoms with E-state index < -0.39 is 0 Å². The summed E-state index contributed by atoms with van der Waals surface area (Å²) in [5.41, 5.74) is 4.30. The van der Waals surface area contributed by atoms with Crippen molar-refractivity contribution in [1.29, 1.82) is 0 Å². The molecule has 0 spiro atoms. The molecule has 2 heteroatoms. The minimum absolute atomic E-state index is 0.00899. The fourth-order valence-electron chi connectivity index (χ4n) is 2.11. The van der Waals surface area contributed by atoms with E-state index in [2.05, 4.69) is 36.5 Å². The largest absolute Gasteiger partial charge is 0.346 e. The highest BCUT2D eigenvalue weighted by molar-refractivity contribution is 5.94. The van der Waals surface area contributed by atoms with Crippen molar-refractivity contribution in [3.63, 3.8) is 0 Å². The Labute approximate surface area is 120 Å². The summed E-state index contributed by atoms with van der Waals surface area (Å²) >= 11 is 0. The minimum Gasteiger partial charge on any atom is -0.346 e. The van der Waals surface area contributed by atoms with Gasteiger partial charge in [0.2, 0.25) is 0 Å². The summed E-state index contributed by atoms with van der Waals surface area (Å²) < 4.78 is 0. The van der Waals surface area contributed by atoms with E-state index in [1.807, 2.05) is 38.1 Å². The Balaban J connectivity index is 2.04. The summed E-state index contributed by atoms with van der Waals surface area (Å²) in [4.78, 5) is 12.2. The van der Waals surface area contributed by atoms with Gasteiger partial charge < -0.3 is 5.32 Å². The molecule has 2 aromatic carbocycles. The molecule has 0 aromatic heterocycles. The average Bonchev–Trinajstić information content (AvgIpc) is 2.48. The van der Waals surface area contributed by atoms with Gasteiger partial charge in [-0.1, -0.05) is 48.9 Å². The van der Waals surface area contributed by atoms with Gasteiger partial charge in [0.1, 0.15) is 0 Å². The zero-order chi connectivity index (χ0) is 14.5. The van der Waals surface area contributed by atoms with Gasteiger partial charge in [-0.25, -0.2) is 0 Å². The van der Waals surface area contributed by atoms with Crippen LogP contribution in [0.25, 0.3) is 0 Å². The van der Waals surface area contributed by atoms with Gasteiger partial charge in [0.15, 0.2) is 0 Å². The highest BCUT2D eigenvalue weighted by Gasteiger charge is 2.11. The molecule has 1 N–H and O–H groups in total. The molecular formula is C18H21NO. The van der Waals surface area contributed by atoms with Crippen LogP contribution >= 0.6 is 0 Å². The average molecular weight is 267 g/mol. The molecule has 0 fully saturated rings. The van der Waals surface area contributed by atoms with Crippen molar-refractivity contribution in [1.82, 2.24) is 5.32 Å². The zero-order valence-electron chi connectivity index (χ0n) is 12.3. The van der Waals surface area contributed by atoms with E-state index in [0.29, 0.717) is 5.56 Å². The van der Waals surface area contributed by atoms with Crippen LogP contribution in [0, 0.1) is 6.92 Å². The van der Waals surface area contributed by atoms with Gasteiger partial charge >= 0.3 is 0 Å². The van der Waals surface area contributed by atoms with E-state index in [4.69, 9.17) is 0 Å². The van der Waals surface area contributed by atoms with Crippen LogP contribution in [0.1, 0.15) is 46.9 Å². The Kier molecular flexibility index (Phi) is 4.57. The number of aryl methyl sites for hydroxylation is 2. The SMILES string of the molecule is CCc1ccc([C@@H](C)NC(=O)c2ccc(C)cc2)cc1. The van der Waals surface area contributed by atoms with Gasteiger partial charge in [-0.3, -0.25) is 4.79 Å². The lowest BCUT2D eigenvalue weighted by Crippen LogP contribution is -2.26. The van der Waals surface area contributed by atoms with Crippen molar-refractivity contribution in [2.45, 2.75) is 33.2 Å². The summed E-state index contributed by atoms with van der Waals surface area (Å²) in [6, 6.07) is 16.0. The van der Waals surface area contributed by atoms with Gasteiger partial charge in [0, 0.05) is 5.56 Å². The molecule has 1 amide bonds. The highest BCUT2D eigenvalue weighted by atomic mass is 16.1. The summed E-state index contributed by atoms with van der Waals surface area (Å²) in [7, 11) is 0. The molecule has 104 valence electrons. The molecule has 0 heterocycles. The van der Waals surface area contributed by atoms with Gasteiger partial charge in [0.25, 0.3) is 5.91 Å². The zero-order valence-corrected chi connectivity index (χ0v) is 12.3. The van der Waals surface area contributed by atoms with E-state index >= 15 is 0 Å². The summed E-state index contributed by atoms with van der Waals surface area (Å²) in [5, 5.41) is 3.03. The lowest BCUT2D eigenvalue weighted by atomic mass is 10.0. The molecule has 2 nitrogen and oxygen atoms in total. The van der Waals surface area contributed by atoms with Crippen molar-refractivity contribution in [3.8, 4) is 0 Å². The predicted molar refractivity (Wildman–Crippen MR) is 82.9 cm³/mol. The number of nitrogens with one attached hydrogen (secondary N) is 1. The molecule has 0 radical (unpaired) electrons. The normalized spacial score (nSPS) is 11.9. The molecule has 2 rings (SSSR count). The maximum Gasteiger partial charge on any atom is 0.251 e. The van der Waals surface area contributed by atoms with Crippen LogP contribution in [0.15, 0.2) is 48.5 Å². The van der Waals surface area contributed by atoms with Gasteiger partial charge in [0.05, 0.1) is 6.04 Å². The lowest BCUT2D eigenvalue weighted by Gasteiger charge is -2.15. The highest BCUT2D eigenvalue weighted by Crippen LogP contribution is 2.14. The van der Waals surface area contributed by atoms with E-state index in [9.17, 15) is 4.79 Å². The van der Waals surface area contributed by atoms with Crippen molar-refractivity contribution < 1.29 is 4.79 Å². The predicted octanol–water partition coefficient (Wildman–Crippen LogP) is 4.05. The first-order valence-corrected chi connectivity index (χ1v) is 7.06. The van der Waals surface area contributed by atoms with Gasteiger partial charge in [-0.2, -0.15) is 0 Å². The molecule has 1 atom stereocenters. The Morgan fingerprint density at radius 2 is 1.65 bits per heavy atom. The number of hydrogen-bond acceptors (Lipinski definition) is 1.